The van der Waals surface area contributed by atoms with E-state index in [0.29, 0.717) is 16.8 Å². The topological polar surface area (TPSA) is 90.2 Å². The van der Waals surface area contributed by atoms with Gasteiger partial charge in [-0.1, -0.05) is 12.1 Å². The maximum absolute atomic E-state index is 12.5. The van der Waals surface area contributed by atoms with Crippen molar-refractivity contribution in [1.29, 1.82) is 0 Å². The zero-order valence-electron chi connectivity index (χ0n) is 13.6. The summed E-state index contributed by atoms with van der Waals surface area (Å²) >= 11 is 0. The molecule has 0 saturated carbocycles. The van der Waals surface area contributed by atoms with Crippen molar-refractivity contribution in [3.63, 3.8) is 0 Å². The van der Waals surface area contributed by atoms with E-state index in [4.69, 9.17) is 0 Å². The van der Waals surface area contributed by atoms with Crippen LogP contribution in [0.5, 0.6) is 5.75 Å². The highest BCUT2D eigenvalue weighted by Crippen LogP contribution is 2.24. The van der Waals surface area contributed by atoms with Gasteiger partial charge in [-0.15, -0.1) is 5.10 Å². The molecular weight excluding hydrogens is 360 g/mol. The molecule has 0 radical (unpaired) electrons. The molecule has 136 valence electrons. The fraction of sp³-hybridized carbons (Fsp3) is 0.118. The summed E-state index contributed by atoms with van der Waals surface area (Å²) < 4.78 is 30.1. The van der Waals surface area contributed by atoms with Gasteiger partial charge in [0, 0.05) is 0 Å². The number of benzene rings is 2. The van der Waals surface area contributed by atoms with E-state index in [1.165, 1.54) is 28.9 Å². The second kappa shape index (κ2) is 6.56. The molecule has 3 aromatic rings. The fourth-order valence-electron chi connectivity index (χ4n) is 2.80. The van der Waals surface area contributed by atoms with E-state index in [1.54, 1.807) is 24.3 Å². The average molecular weight is 371 g/mol. The molecule has 1 aliphatic heterocycles. The Balaban J connectivity index is 1.58. The zero-order valence-corrected chi connectivity index (χ0v) is 13.6. The molecule has 0 atom stereocenters. The van der Waals surface area contributed by atoms with Crippen molar-refractivity contribution in [3.8, 4) is 11.4 Å². The molecule has 2 amide bonds. The van der Waals surface area contributed by atoms with E-state index in [1.807, 2.05) is 0 Å². The maximum atomic E-state index is 12.5. The first-order valence-electron chi connectivity index (χ1n) is 7.82. The fourth-order valence-corrected chi connectivity index (χ4v) is 2.80. The third-order valence-corrected chi connectivity index (χ3v) is 4.02. The molecule has 10 heteroatoms. The van der Waals surface area contributed by atoms with Crippen molar-refractivity contribution in [3.05, 3.63) is 65.5 Å². The molecule has 0 aliphatic carbocycles. The second-order valence-corrected chi connectivity index (χ2v) is 5.62. The number of aromatic nitrogens is 4. The van der Waals surface area contributed by atoms with Crippen molar-refractivity contribution in [2.45, 2.75) is 13.2 Å². The highest BCUT2D eigenvalue weighted by atomic mass is 19.3. The highest BCUT2D eigenvalue weighted by molar-refractivity contribution is 6.21. The van der Waals surface area contributed by atoms with Gasteiger partial charge < -0.3 is 4.74 Å². The maximum Gasteiger partial charge on any atom is 0.387 e. The van der Waals surface area contributed by atoms with Gasteiger partial charge in [0.05, 0.1) is 23.4 Å². The Hall–Kier alpha value is -3.69. The second-order valence-electron chi connectivity index (χ2n) is 5.62. The SMILES string of the molecule is O=C1c2ccccc2C(=O)N1Cc1nnnn1-c1ccc(OC(F)F)cc1. The molecule has 0 unspecified atom stereocenters. The van der Waals surface area contributed by atoms with E-state index in [2.05, 4.69) is 20.3 Å². The molecule has 0 fully saturated rings. The number of alkyl halides is 2. The predicted molar refractivity (Wildman–Crippen MR) is 86.4 cm³/mol. The van der Waals surface area contributed by atoms with E-state index >= 15 is 0 Å². The van der Waals surface area contributed by atoms with Crippen LogP contribution in [0.4, 0.5) is 8.78 Å². The van der Waals surface area contributed by atoms with Gasteiger partial charge in [-0.2, -0.15) is 13.5 Å². The van der Waals surface area contributed by atoms with E-state index < -0.39 is 18.4 Å². The number of tetrazole rings is 1. The zero-order chi connectivity index (χ0) is 19.0. The molecule has 0 saturated heterocycles. The van der Waals surface area contributed by atoms with E-state index in [0.717, 1.165) is 4.90 Å². The first kappa shape index (κ1) is 16.8. The van der Waals surface area contributed by atoms with Crippen LogP contribution >= 0.6 is 0 Å². The number of ether oxygens (including phenoxy) is 1. The van der Waals surface area contributed by atoms with Crippen molar-refractivity contribution >= 4 is 11.8 Å². The number of rotatable bonds is 5. The van der Waals surface area contributed by atoms with Gasteiger partial charge in [-0.3, -0.25) is 14.5 Å². The number of hydrogen-bond donors (Lipinski definition) is 0. The molecule has 0 bridgehead atoms. The molecule has 1 aliphatic rings. The van der Waals surface area contributed by atoms with Crippen LogP contribution < -0.4 is 4.74 Å². The molecule has 2 aromatic carbocycles. The molecular formula is C17H11F2N5O3. The standard InChI is InChI=1S/C17H11F2N5O3/c18-17(19)27-11-7-5-10(6-8-11)24-14(20-21-22-24)9-23-15(25)12-3-1-2-4-13(12)16(23)26/h1-8,17H,9H2. The predicted octanol–water partition coefficient (Wildman–Crippen LogP) is 2.06. The lowest BCUT2D eigenvalue weighted by atomic mass is 10.1. The third-order valence-electron chi connectivity index (χ3n) is 4.02. The Bertz CT molecular complexity index is 984. The minimum atomic E-state index is -2.92. The summed E-state index contributed by atoms with van der Waals surface area (Å²) in [6, 6.07) is 12.2. The van der Waals surface area contributed by atoms with Gasteiger partial charge in [0.1, 0.15) is 5.75 Å². The summed E-state index contributed by atoms with van der Waals surface area (Å²) in [7, 11) is 0. The molecule has 0 N–H and O–H groups in total. The van der Waals surface area contributed by atoms with Crippen LogP contribution in [-0.4, -0.2) is 43.5 Å². The molecule has 27 heavy (non-hydrogen) atoms. The van der Waals surface area contributed by atoms with E-state index in [9.17, 15) is 18.4 Å². The summed E-state index contributed by atoms with van der Waals surface area (Å²) in [5, 5.41) is 11.3. The molecule has 2 heterocycles. The van der Waals surface area contributed by atoms with Crippen LogP contribution in [0.25, 0.3) is 5.69 Å². The monoisotopic (exact) mass is 371 g/mol. The first-order valence-corrected chi connectivity index (χ1v) is 7.82. The smallest absolute Gasteiger partial charge is 0.387 e. The minimum Gasteiger partial charge on any atom is -0.435 e. The highest BCUT2D eigenvalue weighted by Gasteiger charge is 2.36. The Morgan fingerprint density at radius 3 is 2.19 bits per heavy atom. The van der Waals surface area contributed by atoms with Gasteiger partial charge >= 0.3 is 6.61 Å². The lowest BCUT2D eigenvalue weighted by Crippen LogP contribution is -2.30. The lowest BCUT2D eigenvalue weighted by molar-refractivity contribution is -0.0498. The molecule has 1 aromatic heterocycles. The van der Waals surface area contributed by atoms with Crippen LogP contribution in [0.2, 0.25) is 0 Å². The van der Waals surface area contributed by atoms with Gasteiger partial charge in [0.2, 0.25) is 0 Å². The van der Waals surface area contributed by atoms with Crippen LogP contribution in [0, 0.1) is 0 Å². The van der Waals surface area contributed by atoms with Gasteiger partial charge in [0.15, 0.2) is 5.82 Å². The van der Waals surface area contributed by atoms with Gasteiger partial charge in [0.25, 0.3) is 11.8 Å². The summed E-state index contributed by atoms with van der Waals surface area (Å²) in [6.07, 6.45) is 0. The Kier molecular flexibility index (Phi) is 4.07. The van der Waals surface area contributed by atoms with Crippen LogP contribution in [0.15, 0.2) is 48.5 Å². The molecule has 8 nitrogen and oxygen atoms in total. The van der Waals surface area contributed by atoms with E-state index in [-0.39, 0.29) is 18.1 Å². The number of carbonyl (C=O) groups excluding carboxylic acids is 2. The molecule has 4 rings (SSSR count). The van der Waals surface area contributed by atoms with Gasteiger partial charge in [-0.25, -0.2) is 0 Å². The minimum absolute atomic E-state index is 0.0104. The molecule has 0 spiro atoms. The quantitative estimate of drug-likeness (QED) is 0.638. The summed E-state index contributed by atoms with van der Waals surface area (Å²) in [6.45, 7) is -3.05. The Morgan fingerprint density at radius 1 is 0.963 bits per heavy atom. The summed E-state index contributed by atoms with van der Waals surface area (Å²) in [5.74, 6) is -0.618. The number of imide groups is 1. The largest absolute Gasteiger partial charge is 0.435 e. The summed E-state index contributed by atoms with van der Waals surface area (Å²) in [4.78, 5) is 26.0. The lowest BCUT2D eigenvalue weighted by Gasteiger charge is -2.13. The number of fused-ring (bicyclic) bond motifs is 1. The normalized spacial score (nSPS) is 13.4. The third kappa shape index (κ3) is 3.01. The number of nitrogens with zero attached hydrogens (tertiary/aromatic N) is 5. The van der Waals surface area contributed by atoms with Crippen molar-refractivity contribution in [2.75, 3.05) is 0 Å². The Labute approximate surface area is 151 Å². The Morgan fingerprint density at radius 2 is 1.59 bits per heavy atom. The van der Waals surface area contributed by atoms with Crippen LogP contribution in [0.1, 0.15) is 26.5 Å². The van der Waals surface area contributed by atoms with Gasteiger partial charge in [-0.05, 0) is 46.8 Å². The van der Waals surface area contributed by atoms with Crippen molar-refractivity contribution < 1.29 is 23.1 Å². The van der Waals surface area contributed by atoms with Crippen molar-refractivity contribution in [1.82, 2.24) is 25.1 Å². The number of amides is 2. The first-order chi connectivity index (χ1) is 13.0. The summed E-state index contributed by atoms with van der Waals surface area (Å²) in [5.41, 5.74) is 1.12. The van der Waals surface area contributed by atoms with Crippen LogP contribution in [0.3, 0.4) is 0 Å². The van der Waals surface area contributed by atoms with Crippen LogP contribution in [-0.2, 0) is 6.54 Å². The number of halogens is 2. The number of hydrogen-bond acceptors (Lipinski definition) is 6. The number of carbonyl (C=O) groups is 2. The average Bonchev–Trinajstić information content (AvgIpc) is 3.21. The van der Waals surface area contributed by atoms with Crippen molar-refractivity contribution in [2.24, 2.45) is 0 Å².